The lowest BCUT2D eigenvalue weighted by Crippen LogP contribution is -2.58. The van der Waals surface area contributed by atoms with Crippen LogP contribution in [0.25, 0.3) is 0 Å². The highest BCUT2D eigenvalue weighted by Crippen LogP contribution is 2.33. The van der Waals surface area contributed by atoms with Gasteiger partial charge in [0, 0.05) is 6.54 Å². The molecule has 0 radical (unpaired) electrons. The van der Waals surface area contributed by atoms with Crippen LogP contribution in [0.3, 0.4) is 0 Å². The third kappa shape index (κ3) is 2.61. The minimum atomic E-state index is -0.882. The van der Waals surface area contributed by atoms with Crippen molar-refractivity contribution in [3.05, 3.63) is 0 Å². The second kappa shape index (κ2) is 5.12. The van der Waals surface area contributed by atoms with Gasteiger partial charge in [-0.3, -0.25) is 4.79 Å². The van der Waals surface area contributed by atoms with Crippen molar-refractivity contribution in [3.8, 4) is 0 Å². The lowest BCUT2D eigenvalue weighted by atomic mass is 9.77. The van der Waals surface area contributed by atoms with Gasteiger partial charge in [0.2, 0.25) is 5.91 Å². The molecule has 2 N–H and O–H groups in total. The van der Waals surface area contributed by atoms with Crippen molar-refractivity contribution in [1.82, 2.24) is 10.2 Å². The fourth-order valence-corrected chi connectivity index (χ4v) is 3.37. The summed E-state index contributed by atoms with van der Waals surface area (Å²) in [4.78, 5) is 25.6. The fraction of sp³-hybridized carbons (Fsp3) is 0.857. The van der Waals surface area contributed by atoms with E-state index >= 15 is 0 Å². The molecular weight excluding hydrogens is 244 g/mol. The molecule has 2 aliphatic rings. The van der Waals surface area contributed by atoms with E-state index in [1.165, 1.54) is 0 Å². The number of carboxylic acid groups (broad SMARTS) is 1. The largest absolute Gasteiger partial charge is 0.480 e. The Balaban J connectivity index is 2.17. The van der Waals surface area contributed by atoms with Gasteiger partial charge in [0.05, 0.1) is 6.04 Å². The molecule has 5 heteroatoms. The Hall–Kier alpha value is -1.10. The molecule has 108 valence electrons. The lowest BCUT2D eigenvalue weighted by Gasteiger charge is -2.41. The molecule has 5 nitrogen and oxygen atoms in total. The molecule has 2 aliphatic heterocycles. The van der Waals surface area contributed by atoms with Gasteiger partial charge in [-0.1, -0.05) is 20.8 Å². The number of rotatable bonds is 2. The highest BCUT2D eigenvalue weighted by atomic mass is 16.4. The van der Waals surface area contributed by atoms with Crippen molar-refractivity contribution >= 4 is 11.9 Å². The summed E-state index contributed by atoms with van der Waals surface area (Å²) in [6.45, 7) is 7.46. The molecule has 2 rings (SSSR count). The first-order chi connectivity index (χ1) is 8.84. The molecule has 0 aliphatic carbocycles. The van der Waals surface area contributed by atoms with Crippen molar-refractivity contribution in [2.75, 3.05) is 13.1 Å². The van der Waals surface area contributed by atoms with E-state index in [0.717, 1.165) is 25.8 Å². The van der Waals surface area contributed by atoms with Crippen molar-refractivity contribution in [2.24, 2.45) is 11.3 Å². The Kier molecular flexibility index (Phi) is 3.85. The zero-order chi connectivity index (χ0) is 14.2. The zero-order valence-electron chi connectivity index (χ0n) is 12.0. The van der Waals surface area contributed by atoms with E-state index < -0.39 is 12.0 Å². The summed E-state index contributed by atoms with van der Waals surface area (Å²) in [5, 5.41) is 12.6. The van der Waals surface area contributed by atoms with Gasteiger partial charge in [-0.25, -0.2) is 4.79 Å². The van der Waals surface area contributed by atoms with E-state index in [1.807, 2.05) is 6.92 Å². The highest BCUT2D eigenvalue weighted by Gasteiger charge is 2.45. The zero-order valence-corrected chi connectivity index (χ0v) is 12.0. The molecule has 0 aromatic carbocycles. The maximum atomic E-state index is 12.7. The van der Waals surface area contributed by atoms with Crippen molar-refractivity contribution in [1.29, 1.82) is 0 Å². The molecule has 0 bridgehead atoms. The molecule has 1 amide bonds. The van der Waals surface area contributed by atoms with Gasteiger partial charge in [-0.05, 0) is 37.1 Å². The molecule has 0 aromatic heterocycles. The second-order valence-corrected chi connectivity index (χ2v) is 6.56. The molecule has 3 unspecified atom stereocenters. The number of hydrogen-bond acceptors (Lipinski definition) is 3. The van der Waals surface area contributed by atoms with E-state index in [4.69, 9.17) is 0 Å². The van der Waals surface area contributed by atoms with Gasteiger partial charge < -0.3 is 15.3 Å². The van der Waals surface area contributed by atoms with Crippen LogP contribution in [0.4, 0.5) is 0 Å². The predicted molar refractivity (Wildman–Crippen MR) is 71.7 cm³/mol. The van der Waals surface area contributed by atoms with Crippen LogP contribution < -0.4 is 5.32 Å². The summed E-state index contributed by atoms with van der Waals surface area (Å²) in [6.07, 6.45) is 2.84. The van der Waals surface area contributed by atoms with Crippen LogP contribution in [0.2, 0.25) is 0 Å². The Morgan fingerprint density at radius 2 is 2.05 bits per heavy atom. The molecule has 3 atom stereocenters. The Bertz CT molecular complexity index is 381. The minimum Gasteiger partial charge on any atom is -0.480 e. The maximum absolute atomic E-state index is 12.7. The Labute approximate surface area is 114 Å². The van der Waals surface area contributed by atoms with E-state index in [2.05, 4.69) is 19.2 Å². The van der Waals surface area contributed by atoms with Crippen molar-refractivity contribution in [2.45, 2.75) is 52.1 Å². The average Bonchev–Trinajstić information content (AvgIpc) is 2.70. The first-order valence-corrected chi connectivity index (χ1v) is 7.11. The van der Waals surface area contributed by atoms with Crippen LogP contribution in [-0.4, -0.2) is 47.1 Å². The standard InChI is InChI=1S/C14H24N2O3/c1-9-5-8-16(10(9)13(18)19)12(17)11-14(2,3)6-4-7-15-11/h9-11,15H,4-8H2,1-3H3,(H,18,19). The van der Waals surface area contributed by atoms with Crippen molar-refractivity contribution < 1.29 is 14.7 Å². The number of nitrogens with one attached hydrogen (secondary N) is 1. The molecule has 2 saturated heterocycles. The number of aliphatic carboxylic acids is 1. The number of carbonyl (C=O) groups is 2. The smallest absolute Gasteiger partial charge is 0.326 e. The summed E-state index contributed by atoms with van der Waals surface area (Å²) >= 11 is 0. The number of likely N-dealkylation sites (tertiary alicyclic amines) is 1. The maximum Gasteiger partial charge on any atom is 0.326 e. The average molecular weight is 268 g/mol. The van der Waals surface area contributed by atoms with E-state index in [1.54, 1.807) is 4.90 Å². The van der Waals surface area contributed by atoms with Crippen LogP contribution in [0.5, 0.6) is 0 Å². The van der Waals surface area contributed by atoms with Crippen LogP contribution in [0.1, 0.15) is 40.0 Å². The topological polar surface area (TPSA) is 69.6 Å². The molecule has 19 heavy (non-hydrogen) atoms. The van der Waals surface area contributed by atoms with Gasteiger partial charge >= 0.3 is 5.97 Å². The van der Waals surface area contributed by atoms with Crippen molar-refractivity contribution in [3.63, 3.8) is 0 Å². The summed E-state index contributed by atoms with van der Waals surface area (Å²) in [5.41, 5.74) is -0.107. The van der Waals surface area contributed by atoms with Crippen LogP contribution in [-0.2, 0) is 9.59 Å². The molecule has 2 heterocycles. The van der Waals surface area contributed by atoms with Crippen LogP contribution in [0, 0.1) is 11.3 Å². The first-order valence-electron chi connectivity index (χ1n) is 7.11. The summed E-state index contributed by atoms with van der Waals surface area (Å²) in [7, 11) is 0. The normalized spacial score (nSPS) is 34.3. The lowest BCUT2D eigenvalue weighted by molar-refractivity contribution is -0.151. The molecular formula is C14H24N2O3. The van der Waals surface area contributed by atoms with Gasteiger partial charge in [0.25, 0.3) is 0 Å². The molecule has 0 aromatic rings. The molecule has 0 spiro atoms. The number of carboxylic acids is 1. The number of amides is 1. The third-order valence-corrected chi connectivity index (χ3v) is 4.61. The monoisotopic (exact) mass is 268 g/mol. The SMILES string of the molecule is CC1CCN(C(=O)C2NCCCC2(C)C)C1C(=O)O. The third-order valence-electron chi connectivity index (χ3n) is 4.61. The highest BCUT2D eigenvalue weighted by molar-refractivity contribution is 5.88. The number of hydrogen-bond donors (Lipinski definition) is 2. The Morgan fingerprint density at radius 1 is 1.37 bits per heavy atom. The van der Waals surface area contributed by atoms with E-state index in [-0.39, 0.29) is 23.3 Å². The van der Waals surface area contributed by atoms with E-state index in [0.29, 0.717) is 6.54 Å². The Morgan fingerprint density at radius 3 is 2.63 bits per heavy atom. The second-order valence-electron chi connectivity index (χ2n) is 6.56. The number of piperidine rings is 1. The summed E-state index contributed by atoms with van der Waals surface area (Å²) in [5.74, 6) is -0.887. The van der Waals surface area contributed by atoms with Gasteiger partial charge in [-0.2, -0.15) is 0 Å². The molecule has 0 saturated carbocycles. The van der Waals surface area contributed by atoms with E-state index in [9.17, 15) is 14.7 Å². The van der Waals surface area contributed by atoms with Gasteiger partial charge in [0.1, 0.15) is 6.04 Å². The summed E-state index contributed by atoms with van der Waals surface area (Å²) < 4.78 is 0. The minimum absolute atomic E-state index is 0.0353. The first kappa shape index (κ1) is 14.3. The predicted octanol–water partition coefficient (Wildman–Crippen LogP) is 1.09. The quantitative estimate of drug-likeness (QED) is 0.786. The van der Waals surface area contributed by atoms with Gasteiger partial charge in [0.15, 0.2) is 0 Å². The number of nitrogens with zero attached hydrogens (tertiary/aromatic N) is 1. The molecule has 2 fully saturated rings. The van der Waals surface area contributed by atoms with Crippen LogP contribution >= 0.6 is 0 Å². The fourth-order valence-electron chi connectivity index (χ4n) is 3.37. The number of carbonyl (C=O) groups excluding carboxylic acids is 1. The summed E-state index contributed by atoms with van der Waals surface area (Å²) in [6, 6.07) is -0.916. The van der Waals surface area contributed by atoms with Crippen LogP contribution in [0.15, 0.2) is 0 Å². The van der Waals surface area contributed by atoms with Gasteiger partial charge in [-0.15, -0.1) is 0 Å².